The van der Waals surface area contributed by atoms with Gasteiger partial charge in [0.05, 0.1) is 0 Å². The van der Waals surface area contributed by atoms with Crippen molar-refractivity contribution in [2.24, 2.45) is 11.8 Å². The van der Waals surface area contributed by atoms with Crippen LogP contribution in [-0.2, 0) is 4.79 Å². The molecule has 1 N–H and O–H groups in total. The zero-order valence-corrected chi connectivity index (χ0v) is 13.6. The summed E-state index contributed by atoms with van der Waals surface area (Å²) in [7, 11) is 0. The van der Waals surface area contributed by atoms with Gasteiger partial charge in [-0.05, 0) is 56.0 Å². The third kappa shape index (κ3) is 4.10. The van der Waals surface area contributed by atoms with Crippen LogP contribution in [0, 0.1) is 11.8 Å². The van der Waals surface area contributed by atoms with E-state index in [0.29, 0.717) is 6.04 Å². The molecule has 1 unspecified atom stereocenters. The van der Waals surface area contributed by atoms with Crippen LogP contribution >= 0.6 is 0 Å². The van der Waals surface area contributed by atoms with Crippen LogP contribution in [0.25, 0.3) is 0 Å². The number of likely N-dealkylation sites (tertiary alicyclic amines) is 1. The minimum atomic E-state index is 0.231. The molecule has 1 amide bonds. The zero-order valence-electron chi connectivity index (χ0n) is 13.6. The van der Waals surface area contributed by atoms with Gasteiger partial charge in [-0.1, -0.05) is 30.3 Å². The van der Waals surface area contributed by atoms with Crippen molar-refractivity contribution in [3.8, 4) is 0 Å². The summed E-state index contributed by atoms with van der Waals surface area (Å²) in [5.41, 5.74) is 1.44. The number of nitrogens with one attached hydrogen (secondary N) is 1. The maximum absolute atomic E-state index is 11.4. The molecule has 3 rings (SSSR count). The number of amides is 1. The number of hydrogen-bond donors (Lipinski definition) is 1. The first-order valence-electron chi connectivity index (χ1n) is 8.78. The average molecular weight is 300 g/mol. The van der Waals surface area contributed by atoms with Gasteiger partial charge < -0.3 is 10.2 Å². The predicted molar refractivity (Wildman–Crippen MR) is 89.5 cm³/mol. The van der Waals surface area contributed by atoms with E-state index in [9.17, 15) is 4.79 Å². The van der Waals surface area contributed by atoms with Crippen LogP contribution in [0.2, 0.25) is 0 Å². The second-order valence-corrected chi connectivity index (χ2v) is 6.92. The van der Waals surface area contributed by atoms with Crippen LogP contribution in [0.1, 0.15) is 50.6 Å². The molecule has 0 aromatic heterocycles. The molecule has 1 saturated heterocycles. The van der Waals surface area contributed by atoms with Gasteiger partial charge in [0.25, 0.3) is 0 Å². The number of benzene rings is 1. The number of carbonyl (C=O) groups is 1. The Hall–Kier alpha value is -1.35. The van der Waals surface area contributed by atoms with Gasteiger partial charge in [-0.2, -0.15) is 0 Å². The van der Waals surface area contributed by atoms with E-state index < -0.39 is 0 Å². The maximum Gasteiger partial charge on any atom is 0.219 e. The van der Waals surface area contributed by atoms with E-state index in [2.05, 4.69) is 35.6 Å². The number of rotatable bonds is 6. The molecule has 0 spiro atoms. The molecule has 3 heteroatoms. The average Bonchev–Trinajstić information content (AvgIpc) is 3.37. The Bertz CT molecular complexity index is 475. The molecule has 1 saturated carbocycles. The van der Waals surface area contributed by atoms with Crippen LogP contribution in [0.15, 0.2) is 30.3 Å². The largest absolute Gasteiger partial charge is 0.343 e. The van der Waals surface area contributed by atoms with Crippen molar-refractivity contribution in [1.82, 2.24) is 10.2 Å². The van der Waals surface area contributed by atoms with Crippen LogP contribution in [0.4, 0.5) is 0 Å². The smallest absolute Gasteiger partial charge is 0.219 e. The Balaban J connectivity index is 1.43. The minimum Gasteiger partial charge on any atom is -0.343 e. The Morgan fingerprint density at radius 1 is 1.18 bits per heavy atom. The maximum atomic E-state index is 11.4. The summed E-state index contributed by atoms with van der Waals surface area (Å²) in [6, 6.07) is 11.4. The lowest BCUT2D eigenvalue weighted by Gasteiger charge is -2.31. The molecule has 0 bridgehead atoms. The molecule has 1 heterocycles. The van der Waals surface area contributed by atoms with Crippen molar-refractivity contribution < 1.29 is 4.79 Å². The molecule has 1 aromatic rings. The summed E-state index contributed by atoms with van der Waals surface area (Å²) in [4.78, 5) is 13.3. The van der Waals surface area contributed by atoms with Crippen molar-refractivity contribution in [3.05, 3.63) is 35.9 Å². The van der Waals surface area contributed by atoms with Crippen molar-refractivity contribution >= 4 is 5.91 Å². The van der Waals surface area contributed by atoms with Crippen molar-refractivity contribution in [2.45, 2.75) is 45.1 Å². The summed E-state index contributed by atoms with van der Waals surface area (Å²) in [6.45, 7) is 4.68. The summed E-state index contributed by atoms with van der Waals surface area (Å²) < 4.78 is 0. The highest BCUT2D eigenvalue weighted by atomic mass is 16.2. The summed E-state index contributed by atoms with van der Waals surface area (Å²) in [5, 5.41) is 3.80. The Morgan fingerprint density at radius 3 is 2.45 bits per heavy atom. The molecule has 1 aliphatic heterocycles. The minimum absolute atomic E-state index is 0.231. The standard InChI is InChI=1S/C19H28N2O/c1-15(22)21-13-10-16(11-14-21)9-12-20-19(18-7-8-18)17-5-3-2-4-6-17/h2-6,16,18-20H,7-14H2,1H3. The molecule has 2 fully saturated rings. The van der Waals surface area contributed by atoms with Gasteiger partial charge in [0.2, 0.25) is 5.91 Å². The molecule has 2 aliphatic rings. The highest BCUT2D eigenvalue weighted by molar-refractivity contribution is 5.73. The molecule has 1 atom stereocenters. The van der Waals surface area contributed by atoms with Gasteiger partial charge in [0.15, 0.2) is 0 Å². The van der Waals surface area contributed by atoms with Crippen molar-refractivity contribution in [2.75, 3.05) is 19.6 Å². The SMILES string of the molecule is CC(=O)N1CCC(CCNC(c2ccccc2)C2CC2)CC1. The molecule has 3 nitrogen and oxygen atoms in total. The lowest BCUT2D eigenvalue weighted by Crippen LogP contribution is -2.37. The summed E-state index contributed by atoms with van der Waals surface area (Å²) in [5.74, 6) is 1.84. The fourth-order valence-electron chi connectivity index (χ4n) is 3.63. The first-order chi connectivity index (χ1) is 10.7. The van der Waals surface area contributed by atoms with Gasteiger partial charge >= 0.3 is 0 Å². The summed E-state index contributed by atoms with van der Waals surface area (Å²) in [6.07, 6.45) is 6.30. The van der Waals surface area contributed by atoms with E-state index in [-0.39, 0.29) is 5.91 Å². The zero-order chi connectivity index (χ0) is 15.4. The molecule has 1 aromatic carbocycles. The van der Waals surface area contributed by atoms with E-state index in [1.54, 1.807) is 6.92 Å². The summed E-state index contributed by atoms with van der Waals surface area (Å²) >= 11 is 0. The second-order valence-electron chi connectivity index (χ2n) is 6.92. The molecular formula is C19H28N2O. The van der Waals surface area contributed by atoms with Crippen molar-refractivity contribution in [1.29, 1.82) is 0 Å². The Morgan fingerprint density at radius 2 is 1.86 bits per heavy atom. The van der Waals surface area contributed by atoms with Gasteiger partial charge in [-0.3, -0.25) is 4.79 Å². The molecular weight excluding hydrogens is 272 g/mol. The predicted octanol–water partition coefficient (Wildman–Crippen LogP) is 3.38. The van der Waals surface area contributed by atoms with E-state index in [0.717, 1.165) is 31.5 Å². The highest BCUT2D eigenvalue weighted by Crippen LogP contribution is 2.41. The van der Waals surface area contributed by atoms with Gasteiger partial charge in [0, 0.05) is 26.1 Å². The molecule has 120 valence electrons. The third-order valence-corrected chi connectivity index (χ3v) is 5.23. The van der Waals surface area contributed by atoms with E-state index in [1.165, 1.54) is 37.7 Å². The lowest BCUT2D eigenvalue weighted by atomic mass is 9.93. The molecule has 0 radical (unpaired) electrons. The number of hydrogen-bond acceptors (Lipinski definition) is 2. The van der Waals surface area contributed by atoms with Crippen molar-refractivity contribution in [3.63, 3.8) is 0 Å². The first-order valence-corrected chi connectivity index (χ1v) is 8.78. The van der Waals surface area contributed by atoms with Crippen LogP contribution in [0.5, 0.6) is 0 Å². The van der Waals surface area contributed by atoms with E-state index in [1.807, 2.05) is 4.90 Å². The number of nitrogens with zero attached hydrogens (tertiary/aromatic N) is 1. The molecule has 22 heavy (non-hydrogen) atoms. The number of carbonyl (C=O) groups excluding carboxylic acids is 1. The fourth-order valence-corrected chi connectivity index (χ4v) is 3.63. The Labute approximate surface area is 134 Å². The number of piperidine rings is 1. The second kappa shape index (κ2) is 7.28. The fraction of sp³-hybridized carbons (Fsp3) is 0.632. The van der Waals surface area contributed by atoms with Gasteiger partial charge in [0.1, 0.15) is 0 Å². The molecule has 1 aliphatic carbocycles. The van der Waals surface area contributed by atoms with Crippen LogP contribution in [-0.4, -0.2) is 30.4 Å². The highest BCUT2D eigenvalue weighted by Gasteiger charge is 2.32. The Kier molecular flexibility index (Phi) is 5.14. The monoisotopic (exact) mass is 300 g/mol. The quantitative estimate of drug-likeness (QED) is 0.873. The first kappa shape index (κ1) is 15.5. The topological polar surface area (TPSA) is 32.3 Å². The van der Waals surface area contributed by atoms with Crippen LogP contribution in [0.3, 0.4) is 0 Å². The lowest BCUT2D eigenvalue weighted by molar-refractivity contribution is -0.130. The van der Waals surface area contributed by atoms with Gasteiger partial charge in [-0.15, -0.1) is 0 Å². The van der Waals surface area contributed by atoms with E-state index >= 15 is 0 Å². The van der Waals surface area contributed by atoms with Crippen LogP contribution < -0.4 is 5.32 Å². The normalized spacial score (nSPS) is 20.9. The third-order valence-electron chi connectivity index (χ3n) is 5.23. The van der Waals surface area contributed by atoms with Gasteiger partial charge in [-0.25, -0.2) is 0 Å². The van der Waals surface area contributed by atoms with E-state index in [4.69, 9.17) is 0 Å².